The minimum absolute atomic E-state index is 0.0945. The molecule has 0 saturated heterocycles. The number of anilines is 2. The van der Waals surface area contributed by atoms with Gasteiger partial charge in [0.25, 0.3) is 0 Å². The molecule has 1 aromatic rings. The van der Waals surface area contributed by atoms with E-state index in [1.54, 1.807) is 13.2 Å². The summed E-state index contributed by atoms with van der Waals surface area (Å²) in [7, 11) is 1.56. The van der Waals surface area contributed by atoms with Gasteiger partial charge in [0.2, 0.25) is 0 Å². The van der Waals surface area contributed by atoms with E-state index in [4.69, 9.17) is 15.6 Å². The molecule has 134 valence electrons. The number of carboxylic acid groups (broad SMARTS) is 1. The van der Waals surface area contributed by atoms with Crippen LogP contribution in [0.1, 0.15) is 45.6 Å². The first kappa shape index (κ1) is 18.4. The zero-order valence-corrected chi connectivity index (χ0v) is 15.1. The molecule has 0 aromatic heterocycles. The molecule has 1 aromatic carbocycles. The molecule has 0 spiro atoms. The maximum absolute atomic E-state index is 11.0. The number of hydrogen-bond donors (Lipinski definition) is 3. The lowest BCUT2D eigenvalue weighted by atomic mass is 9.74. The monoisotopic (exact) mass is 334 g/mol. The van der Waals surface area contributed by atoms with Gasteiger partial charge in [-0.1, -0.05) is 27.2 Å². The molecule has 0 heterocycles. The van der Waals surface area contributed by atoms with Gasteiger partial charge in [0.05, 0.1) is 24.9 Å². The van der Waals surface area contributed by atoms with Crippen molar-refractivity contribution in [2.45, 2.75) is 52.5 Å². The molecule has 2 rings (SSSR count). The minimum atomic E-state index is -0.894. The van der Waals surface area contributed by atoms with Crippen molar-refractivity contribution in [3.05, 3.63) is 17.7 Å². The van der Waals surface area contributed by atoms with Crippen LogP contribution in [0.2, 0.25) is 0 Å². The lowest BCUT2D eigenvalue weighted by Gasteiger charge is -2.38. The molecule has 0 radical (unpaired) electrons. The van der Waals surface area contributed by atoms with E-state index >= 15 is 0 Å². The van der Waals surface area contributed by atoms with Crippen LogP contribution in [0.4, 0.5) is 11.4 Å². The summed E-state index contributed by atoms with van der Waals surface area (Å²) in [6.07, 6.45) is 3.53. The number of methoxy groups -OCH3 is 1. The Bertz CT molecular complexity index is 586. The van der Waals surface area contributed by atoms with E-state index in [9.17, 15) is 4.79 Å². The van der Waals surface area contributed by atoms with E-state index < -0.39 is 5.97 Å². The number of nitrogen functional groups attached to an aromatic ring is 1. The van der Waals surface area contributed by atoms with Crippen molar-refractivity contribution < 1.29 is 14.6 Å². The van der Waals surface area contributed by atoms with E-state index in [1.807, 2.05) is 6.07 Å². The van der Waals surface area contributed by atoms with Crippen molar-refractivity contribution in [1.29, 1.82) is 0 Å². The molecule has 4 N–H and O–H groups in total. The lowest BCUT2D eigenvalue weighted by Crippen LogP contribution is -2.38. The fourth-order valence-corrected chi connectivity index (χ4v) is 3.83. The largest absolute Gasteiger partial charge is 0.496 e. The van der Waals surface area contributed by atoms with Gasteiger partial charge in [-0.2, -0.15) is 0 Å². The summed E-state index contributed by atoms with van der Waals surface area (Å²) in [6, 6.07) is 3.93. The van der Waals surface area contributed by atoms with Gasteiger partial charge in [-0.05, 0) is 36.7 Å². The molecule has 3 atom stereocenters. The number of hydrogen-bond acceptors (Lipinski definition) is 4. The van der Waals surface area contributed by atoms with Gasteiger partial charge >= 0.3 is 5.97 Å². The summed E-state index contributed by atoms with van der Waals surface area (Å²) in [4.78, 5) is 11.0. The summed E-state index contributed by atoms with van der Waals surface area (Å²) >= 11 is 0. The summed E-state index contributed by atoms with van der Waals surface area (Å²) in [6.45, 7) is 6.84. The van der Waals surface area contributed by atoms with Crippen LogP contribution in [0.25, 0.3) is 0 Å². The summed E-state index contributed by atoms with van der Waals surface area (Å²) in [5, 5.41) is 12.6. The van der Waals surface area contributed by atoms with Crippen molar-refractivity contribution in [3.63, 3.8) is 0 Å². The zero-order chi connectivity index (χ0) is 17.9. The third-order valence-corrected chi connectivity index (χ3v) is 5.16. The molecule has 0 aliphatic heterocycles. The van der Waals surface area contributed by atoms with Crippen LogP contribution in [0.3, 0.4) is 0 Å². The number of rotatable bonds is 6. The molecule has 5 nitrogen and oxygen atoms in total. The van der Waals surface area contributed by atoms with Gasteiger partial charge < -0.3 is 20.9 Å². The Hall–Kier alpha value is -1.91. The second kappa shape index (κ2) is 7.77. The van der Waals surface area contributed by atoms with Crippen molar-refractivity contribution >= 4 is 17.3 Å². The van der Waals surface area contributed by atoms with E-state index in [0.717, 1.165) is 12.1 Å². The van der Waals surface area contributed by atoms with Crippen LogP contribution in [-0.4, -0.2) is 24.2 Å². The molecule has 0 bridgehead atoms. The maximum Gasteiger partial charge on any atom is 0.307 e. The highest BCUT2D eigenvalue weighted by Gasteiger charge is 2.31. The second-order valence-corrected chi connectivity index (χ2v) is 7.40. The van der Waals surface area contributed by atoms with Crippen LogP contribution in [0.5, 0.6) is 5.75 Å². The van der Waals surface area contributed by atoms with E-state index in [1.165, 1.54) is 12.8 Å². The van der Waals surface area contributed by atoms with E-state index in [-0.39, 0.29) is 6.42 Å². The topological polar surface area (TPSA) is 84.6 Å². The van der Waals surface area contributed by atoms with Crippen LogP contribution in [0.15, 0.2) is 12.1 Å². The Balaban J connectivity index is 2.25. The van der Waals surface area contributed by atoms with Gasteiger partial charge in [-0.25, -0.2) is 0 Å². The highest BCUT2D eigenvalue weighted by atomic mass is 16.5. The van der Waals surface area contributed by atoms with Crippen molar-refractivity contribution in [3.8, 4) is 5.75 Å². The standard InChI is InChI=1S/C19H30N2O3/c1-11(2)14-6-5-12(3)7-16(14)21-17-10-18(24-4)13(8-15(17)20)9-19(22)23/h8,10-12,14,16,21H,5-7,9,20H2,1-4H3,(H,22,23)/t12-,14+,16-/m1/s1. The number of ether oxygens (including phenoxy) is 1. The maximum atomic E-state index is 11.0. The highest BCUT2D eigenvalue weighted by molar-refractivity contribution is 5.76. The summed E-state index contributed by atoms with van der Waals surface area (Å²) in [5.74, 6) is 1.61. The van der Waals surface area contributed by atoms with Gasteiger partial charge in [-0.15, -0.1) is 0 Å². The van der Waals surface area contributed by atoms with Crippen LogP contribution < -0.4 is 15.8 Å². The minimum Gasteiger partial charge on any atom is -0.496 e. The molecule has 0 unspecified atom stereocenters. The Morgan fingerprint density at radius 1 is 1.42 bits per heavy atom. The van der Waals surface area contributed by atoms with Crippen LogP contribution in [0, 0.1) is 17.8 Å². The molecular weight excluding hydrogens is 304 g/mol. The Morgan fingerprint density at radius 3 is 2.71 bits per heavy atom. The predicted octanol–water partition coefficient (Wildman–Crippen LogP) is 3.78. The number of nitrogens with one attached hydrogen (secondary N) is 1. The first-order valence-corrected chi connectivity index (χ1v) is 8.76. The van der Waals surface area contributed by atoms with Crippen LogP contribution >= 0.6 is 0 Å². The van der Waals surface area contributed by atoms with Gasteiger partial charge in [0.15, 0.2) is 0 Å². The Morgan fingerprint density at radius 2 is 2.12 bits per heavy atom. The third-order valence-electron chi connectivity index (χ3n) is 5.16. The van der Waals surface area contributed by atoms with Gasteiger partial charge in [0, 0.05) is 17.7 Å². The predicted molar refractivity (Wildman–Crippen MR) is 97.5 cm³/mol. The average molecular weight is 334 g/mol. The lowest BCUT2D eigenvalue weighted by molar-refractivity contribution is -0.136. The number of carboxylic acids is 1. The molecule has 1 fully saturated rings. The van der Waals surface area contributed by atoms with Gasteiger partial charge in [0.1, 0.15) is 5.75 Å². The van der Waals surface area contributed by atoms with Crippen molar-refractivity contribution in [2.24, 2.45) is 17.8 Å². The molecule has 1 aliphatic carbocycles. The number of aliphatic carboxylic acids is 1. The smallest absolute Gasteiger partial charge is 0.307 e. The SMILES string of the molecule is COc1cc(N[C@@H]2C[C@H](C)CC[C@H]2C(C)C)c(N)cc1CC(=O)O. The van der Waals surface area contributed by atoms with Crippen molar-refractivity contribution in [1.82, 2.24) is 0 Å². The molecular formula is C19H30N2O3. The quantitative estimate of drug-likeness (QED) is 0.690. The van der Waals surface area contributed by atoms with Crippen molar-refractivity contribution in [2.75, 3.05) is 18.2 Å². The molecule has 1 aliphatic rings. The van der Waals surface area contributed by atoms with E-state index in [0.29, 0.717) is 40.8 Å². The number of carbonyl (C=O) groups is 1. The molecule has 5 heteroatoms. The molecule has 0 amide bonds. The molecule has 24 heavy (non-hydrogen) atoms. The normalized spacial score (nSPS) is 24.0. The fraction of sp³-hybridized carbons (Fsp3) is 0.632. The number of benzene rings is 1. The third kappa shape index (κ3) is 4.34. The summed E-state index contributed by atoms with van der Waals surface area (Å²) in [5.41, 5.74) is 8.20. The second-order valence-electron chi connectivity index (χ2n) is 7.40. The highest BCUT2D eigenvalue weighted by Crippen LogP contribution is 2.37. The number of nitrogens with two attached hydrogens (primary N) is 1. The zero-order valence-electron chi connectivity index (χ0n) is 15.1. The molecule has 1 saturated carbocycles. The summed E-state index contributed by atoms with van der Waals surface area (Å²) < 4.78 is 5.37. The Labute approximate surface area is 144 Å². The first-order chi connectivity index (χ1) is 11.3. The van der Waals surface area contributed by atoms with E-state index in [2.05, 4.69) is 26.1 Å². The van der Waals surface area contributed by atoms with Gasteiger partial charge in [-0.3, -0.25) is 4.79 Å². The fourth-order valence-electron chi connectivity index (χ4n) is 3.83. The first-order valence-electron chi connectivity index (χ1n) is 8.76. The average Bonchev–Trinajstić information content (AvgIpc) is 2.49. The Kier molecular flexibility index (Phi) is 5.97. The van der Waals surface area contributed by atoms with Crippen LogP contribution in [-0.2, 0) is 11.2 Å².